The summed E-state index contributed by atoms with van der Waals surface area (Å²) < 4.78 is 12.9. The summed E-state index contributed by atoms with van der Waals surface area (Å²) in [4.78, 5) is 12.6. The molecule has 0 fully saturated rings. The molecule has 23 heavy (non-hydrogen) atoms. The zero-order valence-corrected chi connectivity index (χ0v) is 13.8. The molecule has 2 rings (SSSR count). The molecule has 0 aliphatic rings. The number of aromatic nitrogens is 1. The molecule has 0 saturated carbocycles. The van der Waals surface area contributed by atoms with Gasteiger partial charge in [0.15, 0.2) is 5.75 Å². The van der Waals surface area contributed by atoms with Gasteiger partial charge in [0, 0.05) is 18.1 Å². The molecule has 2 N–H and O–H groups in total. The highest BCUT2D eigenvalue weighted by atomic mass is 16.5. The molecule has 0 spiro atoms. The lowest BCUT2D eigenvalue weighted by atomic mass is 10.1. The van der Waals surface area contributed by atoms with Crippen LogP contribution in [0.4, 0.5) is 5.69 Å². The highest BCUT2D eigenvalue weighted by molar-refractivity contribution is 5.90. The minimum atomic E-state index is -0.267. The number of benzene rings is 1. The molecule has 1 heterocycles. The van der Waals surface area contributed by atoms with Gasteiger partial charge in [-0.15, -0.1) is 0 Å². The molecule has 2 aromatic rings. The fraction of sp³-hybridized carbons (Fsp3) is 0.278. The van der Waals surface area contributed by atoms with Crippen LogP contribution in [-0.4, -0.2) is 17.8 Å². The number of rotatable bonds is 6. The van der Waals surface area contributed by atoms with E-state index in [-0.39, 0.29) is 17.9 Å². The van der Waals surface area contributed by atoms with Crippen molar-refractivity contribution in [2.24, 2.45) is 7.05 Å². The Morgan fingerprint density at radius 1 is 1.26 bits per heavy atom. The second-order valence-corrected chi connectivity index (χ2v) is 5.49. The smallest absolute Gasteiger partial charge is 0.297 e. The molecule has 0 atom stereocenters. The number of nitrogen functional groups attached to an aromatic ring is 1. The molecule has 1 aromatic carbocycles. The monoisotopic (exact) mass is 314 g/mol. The number of nitrogens with zero attached hydrogens (tertiary/aromatic N) is 1. The van der Waals surface area contributed by atoms with E-state index >= 15 is 0 Å². The number of aryl methyl sites for hydroxylation is 1. The summed E-state index contributed by atoms with van der Waals surface area (Å²) in [5, 5.41) is 0.780. The number of hydrogen-bond donors (Lipinski definition) is 1. The van der Waals surface area contributed by atoms with Gasteiger partial charge in [0.05, 0.1) is 5.52 Å². The maximum Gasteiger partial charge on any atom is 0.297 e. The molecular weight excluding hydrogens is 292 g/mol. The fourth-order valence-electron chi connectivity index (χ4n) is 2.20. The first kappa shape index (κ1) is 16.7. The quantitative estimate of drug-likeness (QED) is 0.657. The van der Waals surface area contributed by atoms with Gasteiger partial charge >= 0.3 is 0 Å². The van der Waals surface area contributed by atoms with Crippen molar-refractivity contribution in [3.05, 3.63) is 52.9 Å². The first-order chi connectivity index (χ1) is 11.0. The van der Waals surface area contributed by atoms with Crippen molar-refractivity contribution in [2.75, 3.05) is 18.9 Å². The molecule has 5 heteroatoms. The van der Waals surface area contributed by atoms with E-state index in [2.05, 4.69) is 6.58 Å². The summed E-state index contributed by atoms with van der Waals surface area (Å²) in [6, 6.07) is 5.36. The van der Waals surface area contributed by atoms with Crippen molar-refractivity contribution >= 4 is 16.6 Å². The Morgan fingerprint density at radius 3 is 2.61 bits per heavy atom. The van der Waals surface area contributed by atoms with Gasteiger partial charge in [-0.05, 0) is 38.1 Å². The van der Waals surface area contributed by atoms with Crippen LogP contribution < -0.4 is 20.8 Å². The summed E-state index contributed by atoms with van der Waals surface area (Å²) in [6.45, 7) is 8.18. The number of allylic oxidation sites excluding steroid dienone is 1. The number of hydrogen-bond acceptors (Lipinski definition) is 4. The van der Waals surface area contributed by atoms with Crippen LogP contribution in [0.2, 0.25) is 0 Å². The van der Waals surface area contributed by atoms with Gasteiger partial charge in [0.25, 0.3) is 5.56 Å². The summed E-state index contributed by atoms with van der Waals surface area (Å²) in [6.07, 6.45) is 3.53. The molecule has 0 aliphatic heterocycles. The lowest BCUT2D eigenvalue weighted by Crippen LogP contribution is -2.21. The van der Waals surface area contributed by atoms with Crippen LogP contribution in [0.15, 0.2) is 47.3 Å². The van der Waals surface area contributed by atoms with Gasteiger partial charge in [0.2, 0.25) is 5.75 Å². The highest BCUT2D eigenvalue weighted by Crippen LogP contribution is 2.33. The molecule has 5 nitrogen and oxygen atoms in total. The Hall–Kier alpha value is -2.69. The predicted molar refractivity (Wildman–Crippen MR) is 94.2 cm³/mol. The van der Waals surface area contributed by atoms with E-state index in [1.165, 1.54) is 4.57 Å². The fourth-order valence-corrected chi connectivity index (χ4v) is 2.20. The largest absolute Gasteiger partial charge is 0.485 e. The summed E-state index contributed by atoms with van der Waals surface area (Å²) in [5.41, 5.74) is 8.00. The maximum absolute atomic E-state index is 12.6. The minimum Gasteiger partial charge on any atom is -0.485 e. The zero-order chi connectivity index (χ0) is 17.0. The van der Waals surface area contributed by atoms with Gasteiger partial charge in [-0.25, -0.2) is 0 Å². The summed E-state index contributed by atoms with van der Waals surface area (Å²) in [5.74, 6) is 0.620. The molecule has 1 aromatic heterocycles. The standard InChI is InChI=1S/C18H22N2O3/c1-5-9-22-17-16(23-10-8-12(2)3)14-7-6-13(19)11-15(14)20(4)18(17)21/h5-8,11H,1,9-10,19H2,2-4H3. The summed E-state index contributed by atoms with van der Waals surface area (Å²) in [7, 11) is 1.69. The molecule has 0 amide bonds. The number of nitrogens with two attached hydrogens (primary N) is 1. The van der Waals surface area contributed by atoms with Crippen LogP contribution >= 0.6 is 0 Å². The van der Waals surface area contributed by atoms with E-state index in [9.17, 15) is 4.79 Å². The topological polar surface area (TPSA) is 66.5 Å². The normalized spacial score (nSPS) is 10.4. The number of fused-ring (bicyclic) bond motifs is 1. The second kappa shape index (κ2) is 7.05. The van der Waals surface area contributed by atoms with E-state index in [0.717, 1.165) is 11.0 Å². The maximum atomic E-state index is 12.6. The van der Waals surface area contributed by atoms with Crippen LogP contribution in [0.5, 0.6) is 11.5 Å². The molecule has 0 bridgehead atoms. The predicted octanol–water partition coefficient (Wildman–Crippen LogP) is 3.03. The lowest BCUT2D eigenvalue weighted by molar-refractivity contribution is 0.305. The Balaban J connectivity index is 2.66. The van der Waals surface area contributed by atoms with Crippen molar-refractivity contribution in [1.29, 1.82) is 0 Å². The van der Waals surface area contributed by atoms with Crippen molar-refractivity contribution in [3.63, 3.8) is 0 Å². The van der Waals surface area contributed by atoms with Gasteiger partial charge in [0.1, 0.15) is 13.2 Å². The van der Waals surface area contributed by atoms with E-state index in [1.54, 1.807) is 25.3 Å². The molecule has 0 saturated heterocycles. The Labute approximate surface area is 135 Å². The van der Waals surface area contributed by atoms with E-state index in [1.807, 2.05) is 26.0 Å². The van der Waals surface area contributed by atoms with Crippen molar-refractivity contribution in [1.82, 2.24) is 4.57 Å². The van der Waals surface area contributed by atoms with Crippen LogP contribution in [-0.2, 0) is 7.05 Å². The molecular formula is C18H22N2O3. The Morgan fingerprint density at radius 2 is 1.96 bits per heavy atom. The first-order valence-electron chi connectivity index (χ1n) is 7.37. The van der Waals surface area contributed by atoms with Crippen molar-refractivity contribution in [3.8, 4) is 11.5 Å². The van der Waals surface area contributed by atoms with Crippen molar-refractivity contribution < 1.29 is 9.47 Å². The van der Waals surface area contributed by atoms with Gasteiger partial charge in [-0.1, -0.05) is 18.2 Å². The zero-order valence-electron chi connectivity index (χ0n) is 13.8. The summed E-state index contributed by atoms with van der Waals surface area (Å²) >= 11 is 0. The minimum absolute atomic E-state index is 0.187. The number of ether oxygens (including phenoxy) is 2. The SMILES string of the molecule is C=CCOc1c(OCC=C(C)C)c2ccc(N)cc2n(C)c1=O. The average Bonchev–Trinajstić information content (AvgIpc) is 2.51. The van der Waals surface area contributed by atoms with Crippen molar-refractivity contribution in [2.45, 2.75) is 13.8 Å². The molecule has 0 radical (unpaired) electrons. The Bertz CT molecular complexity index is 815. The van der Waals surface area contributed by atoms with Crippen LogP contribution in [0, 0.1) is 0 Å². The van der Waals surface area contributed by atoms with E-state index < -0.39 is 0 Å². The van der Waals surface area contributed by atoms with Crippen LogP contribution in [0.25, 0.3) is 10.9 Å². The third-order valence-corrected chi connectivity index (χ3v) is 3.40. The lowest BCUT2D eigenvalue weighted by Gasteiger charge is -2.16. The average molecular weight is 314 g/mol. The second-order valence-electron chi connectivity index (χ2n) is 5.49. The van der Waals surface area contributed by atoms with Gasteiger partial charge in [-0.3, -0.25) is 4.79 Å². The van der Waals surface area contributed by atoms with E-state index in [4.69, 9.17) is 15.2 Å². The number of pyridine rings is 1. The van der Waals surface area contributed by atoms with Gasteiger partial charge < -0.3 is 19.8 Å². The Kier molecular flexibility index (Phi) is 5.11. The highest BCUT2D eigenvalue weighted by Gasteiger charge is 2.18. The number of anilines is 1. The third kappa shape index (κ3) is 3.56. The molecule has 122 valence electrons. The first-order valence-corrected chi connectivity index (χ1v) is 7.37. The molecule has 0 aliphatic carbocycles. The van der Waals surface area contributed by atoms with E-state index in [0.29, 0.717) is 23.6 Å². The van der Waals surface area contributed by atoms with Crippen LogP contribution in [0.3, 0.4) is 0 Å². The molecule has 0 unspecified atom stereocenters. The third-order valence-electron chi connectivity index (χ3n) is 3.40. The van der Waals surface area contributed by atoms with Crippen LogP contribution in [0.1, 0.15) is 13.8 Å². The van der Waals surface area contributed by atoms with Gasteiger partial charge in [-0.2, -0.15) is 0 Å².